The van der Waals surface area contributed by atoms with E-state index in [1.807, 2.05) is 12.1 Å². The molecule has 2 aliphatic rings. The van der Waals surface area contributed by atoms with E-state index >= 15 is 0 Å². The minimum Gasteiger partial charge on any atom is -0.372 e. The quantitative estimate of drug-likeness (QED) is 0.898. The summed E-state index contributed by atoms with van der Waals surface area (Å²) < 4.78 is 0. The molecule has 3 rings (SSSR count). The number of benzene rings is 1. The van der Waals surface area contributed by atoms with Gasteiger partial charge >= 0.3 is 0 Å². The van der Waals surface area contributed by atoms with Crippen molar-refractivity contribution >= 4 is 17.3 Å². The lowest BCUT2D eigenvalue weighted by molar-refractivity contribution is -0.119. The van der Waals surface area contributed by atoms with Crippen LogP contribution in [0.25, 0.3) is 0 Å². The van der Waals surface area contributed by atoms with Crippen LogP contribution in [0, 0.1) is 5.92 Å². The molecule has 0 aromatic heterocycles. The second kappa shape index (κ2) is 6.48. The molecule has 1 aliphatic carbocycles. The molecule has 4 nitrogen and oxygen atoms in total. The molecule has 21 heavy (non-hydrogen) atoms. The Balaban J connectivity index is 1.57. The average molecular weight is 287 g/mol. The Morgan fingerprint density at radius 1 is 1.10 bits per heavy atom. The van der Waals surface area contributed by atoms with E-state index in [0.717, 1.165) is 38.0 Å². The predicted octanol–water partition coefficient (Wildman–Crippen LogP) is 2.74. The highest BCUT2D eigenvalue weighted by molar-refractivity contribution is 5.92. The lowest BCUT2D eigenvalue weighted by Gasteiger charge is -2.28. The number of nitrogens with zero attached hydrogens (tertiary/aromatic N) is 1. The van der Waals surface area contributed by atoms with Crippen LogP contribution in [-0.4, -0.2) is 25.0 Å². The van der Waals surface area contributed by atoms with E-state index < -0.39 is 0 Å². The van der Waals surface area contributed by atoms with Gasteiger partial charge in [0.1, 0.15) is 0 Å². The van der Waals surface area contributed by atoms with Crippen LogP contribution in [0.15, 0.2) is 24.3 Å². The van der Waals surface area contributed by atoms with Gasteiger partial charge in [0.05, 0.1) is 0 Å². The highest BCUT2D eigenvalue weighted by Gasteiger charge is 2.27. The Kier molecular flexibility index (Phi) is 4.44. The number of carbonyl (C=O) groups is 1. The van der Waals surface area contributed by atoms with Gasteiger partial charge in [-0.1, -0.05) is 0 Å². The minimum absolute atomic E-state index is 0.0850. The molecule has 0 radical (unpaired) electrons. The third-order valence-corrected chi connectivity index (χ3v) is 4.70. The van der Waals surface area contributed by atoms with Crippen LogP contribution in [0.4, 0.5) is 11.4 Å². The van der Waals surface area contributed by atoms with Gasteiger partial charge in [0, 0.05) is 36.4 Å². The molecule has 4 heteroatoms. The zero-order chi connectivity index (χ0) is 14.7. The summed E-state index contributed by atoms with van der Waals surface area (Å²) in [6.07, 6.45) is 6.59. The van der Waals surface area contributed by atoms with Crippen LogP contribution in [0.1, 0.15) is 38.5 Å². The number of anilines is 2. The lowest BCUT2D eigenvalue weighted by Crippen LogP contribution is -2.29. The van der Waals surface area contributed by atoms with Crippen molar-refractivity contribution < 1.29 is 4.79 Å². The van der Waals surface area contributed by atoms with Gasteiger partial charge in [-0.3, -0.25) is 4.79 Å². The normalized spacial score (nSPS) is 25.9. The Morgan fingerprint density at radius 2 is 1.81 bits per heavy atom. The number of rotatable bonds is 3. The van der Waals surface area contributed by atoms with Gasteiger partial charge in [0.25, 0.3) is 0 Å². The van der Waals surface area contributed by atoms with Gasteiger partial charge in [0.2, 0.25) is 5.91 Å². The first-order valence-electron chi connectivity index (χ1n) is 8.14. The van der Waals surface area contributed by atoms with E-state index in [1.165, 1.54) is 24.9 Å². The lowest BCUT2D eigenvalue weighted by atomic mass is 10.1. The Bertz CT molecular complexity index is 479. The molecule has 1 saturated heterocycles. The fourth-order valence-corrected chi connectivity index (χ4v) is 3.41. The molecule has 1 heterocycles. The van der Waals surface area contributed by atoms with Crippen molar-refractivity contribution in [2.75, 3.05) is 23.3 Å². The van der Waals surface area contributed by atoms with Gasteiger partial charge < -0.3 is 16.0 Å². The number of carbonyl (C=O) groups excluding carboxylic acids is 1. The standard InChI is InChI=1S/C17H25N3O/c18-14-5-4-13(12-14)17(21)19-15-6-8-16(9-7-15)20-10-2-1-3-11-20/h6-9,13-14H,1-5,10-12,18H2,(H,19,21). The highest BCUT2D eigenvalue weighted by Crippen LogP contribution is 2.26. The molecular formula is C17H25N3O. The van der Waals surface area contributed by atoms with E-state index in [-0.39, 0.29) is 17.9 Å². The first-order chi connectivity index (χ1) is 10.2. The van der Waals surface area contributed by atoms with E-state index in [1.54, 1.807) is 0 Å². The first kappa shape index (κ1) is 14.4. The molecule has 3 N–H and O–H groups in total. The molecule has 2 unspecified atom stereocenters. The van der Waals surface area contributed by atoms with Gasteiger partial charge in [-0.25, -0.2) is 0 Å². The second-order valence-corrected chi connectivity index (χ2v) is 6.35. The third kappa shape index (κ3) is 3.56. The van der Waals surface area contributed by atoms with E-state index in [4.69, 9.17) is 5.73 Å². The van der Waals surface area contributed by atoms with Gasteiger partial charge in [-0.2, -0.15) is 0 Å². The van der Waals surface area contributed by atoms with Crippen LogP contribution in [0.3, 0.4) is 0 Å². The molecule has 0 spiro atoms. The Morgan fingerprint density at radius 3 is 2.43 bits per heavy atom. The molecule has 1 saturated carbocycles. The molecule has 114 valence electrons. The number of amides is 1. The van der Waals surface area contributed by atoms with Gasteiger partial charge in [0.15, 0.2) is 0 Å². The summed E-state index contributed by atoms with van der Waals surface area (Å²) in [5.41, 5.74) is 8.02. The maximum Gasteiger partial charge on any atom is 0.227 e. The van der Waals surface area contributed by atoms with Crippen LogP contribution < -0.4 is 16.0 Å². The van der Waals surface area contributed by atoms with Crippen LogP contribution in [0.2, 0.25) is 0 Å². The fourth-order valence-electron chi connectivity index (χ4n) is 3.41. The number of piperidine rings is 1. The van der Waals surface area contributed by atoms with Crippen molar-refractivity contribution in [1.82, 2.24) is 0 Å². The van der Waals surface area contributed by atoms with Crippen molar-refractivity contribution in [2.45, 2.75) is 44.6 Å². The monoisotopic (exact) mass is 287 g/mol. The number of hydrogen-bond acceptors (Lipinski definition) is 3. The smallest absolute Gasteiger partial charge is 0.227 e. The summed E-state index contributed by atoms with van der Waals surface area (Å²) in [5, 5.41) is 3.02. The molecule has 1 aromatic carbocycles. The second-order valence-electron chi connectivity index (χ2n) is 6.35. The van der Waals surface area contributed by atoms with Crippen molar-refractivity contribution in [3.63, 3.8) is 0 Å². The van der Waals surface area contributed by atoms with Crippen molar-refractivity contribution in [1.29, 1.82) is 0 Å². The third-order valence-electron chi connectivity index (χ3n) is 4.70. The molecule has 1 aromatic rings. The number of nitrogens with one attached hydrogen (secondary N) is 1. The highest BCUT2D eigenvalue weighted by atomic mass is 16.1. The van der Waals surface area contributed by atoms with E-state index in [0.29, 0.717) is 0 Å². The zero-order valence-corrected chi connectivity index (χ0v) is 12.6. The summed E-state index contributed by atoms with van der Waals surface area (Å²) in [5.74, 6) is 0.204. The molecule has 2 fully saturated rings. The van der Waals surface area contributed by atoms with Crippen molar-refractivity contribution in [3.8, 4) is 0 Å². The van der Waals surface area contributed by atoms with E-state index in [9.17, 15) is 4.79 Å². The molecule has 0 bridgehead atoms. The van der Waals surface area contributed by atoms with Gasteiger partial charge in [-0.05, 0) is 62.8 Å². The van der Waals surface area contributed by atoms with E-state index in [2.05, 4.69) is 22.3 Å². The Hall–Kier alpha value is -1.55. The molecular weight excluding hydrogens is 262 g/mol. The van der Waals surface area contributed by atoms with Crippen LogP contribution in [0.5, 0.6) is 0 Å². The number of hydrogen-bond donors (Lipinski definition) is 2. The van der Waals surface area contributed by atoms with Crippen LogP contribution >= 0.6 is 0 Å². The summed E-state index contributed by atoms with van der Waals surface area (Å²) in [6, 6.07) is 8.44. The summed E-state index contributed by atoms with van der Waals surface area (Å²) in [4.78, 5) is 14.6. The topological polar surface area (TPSA) is 58.4 Å². The fraction of sp³-hybridized carbons (Fsp3) is 0.588. The van der Waals surface area contributed by atoms with Crippen LogP contribution in [-0.2, 0) is 4.79 Å². The largest absolute Gasteiger partial charge is 0.372 e. The first-order valence-corrected chi connectivity index (χ1v) is 8.14. The van der Waals surface area contributed by atoms with Crippen molar-refractivity contribution in [2.24, 2.45) is 11.7 Å². The Labute approximate surface area is 126 Å². The SMILES string of the molecule is NC1CCC(C(=O)Nc2ccc(N3CCCCC3)cc2)C1. The predicted molar refractivity (Wildman–Crippen MR) is 86.5 cm³/mol. The van der Waals surface area contributed by atoms with Gasteiger partial charge in [-0.15, -0.1) is 0 Å². The summed E-state index contributed by atoms with van der Waals surface area (Å²) >= 11 is 0. The summed E-state index contributed by atoms with van der Waals surface area (Å²) in [6.45, 7) is 2.29. The van der Waals surface area contributed by atoms with Crippen molar-refractivity contribution in [3.05, 3.63) is 24.3 Å². The molecule has 2 atom stereocenters. The maximum absolute atomic E-state index is 12.2. The summed E-state index contributed by atoms with van der Waals surface area (Å²) in [7, 11) is 0. The zero-order valence-electron chi connectivity index (χ0n) is 12.6. The molecule has 1 amide bonds. The maximum atomic E-state index is 12.2. The minimum atomic E-state index is 0.0850. The molecule has 1 aliphatic heterocycles. The average Bonchev–Trinajstić information content (AvgIpc) is 2.96. The number of nitrogens with two attached hydrogens (primary N) is 1.